The van der Waals surface area contributed by atoms with Crippen molar-refractivity contribution in [3.63, 3.8) is 0 Å². The lowest BCUT2D eigenvalue weighted by molar-refractivity contribution is 0.204. The second kappa shape index (κ2) is 35.3. The Bertz CT molecular complexity index is 746. The number of nitrogens with one attached hydrogen (secondary N) is 1. The maximum Gasteiger partial charge on any atom is 0.134 e. The summed E-state index contributed by atoms with van der Waals surface area (Å²) in [5.74, 6) is 0. The molecule has 0 aromatic carbocycles. The van der Waals surface area contributed by atoms with Gasteiger partial charge in [0.25, 0.3) is 0 Å². The van der Waals surface area contributed by atoms with Crippen LogP contribution in [0.2, 0.25) is 0 Å². The molecule has 0 spiro atoms. The zero-order valence-corrected chi connectivity index (χ0v) is 23.3. The Morgan fingerprint density at radius 2 is 0.769 bits per heavy atom. The molecule has 12 heteroatoms. The molecule has 0 aliphatic heterocycles. The van der Waals surface area contributed by atoms with Crippen LogP contribution in [0, 0.1) is 0 Å². The van der Waals surface area contributed by atoms with Gasteiger partial charge in [-0.1, -0.05) is 96.5 Å². The van der Waals surface area contributed by atoms with Crippen molar-refractivity contribution < 1.29 is 4.74 Å². The lowest BCUT2D eigenvalue weighted by atomic mass is 10.7. The summed E-state index contributed by atoms with van der Waals surface area (Å²) >= 11 is 0. The summed E-state index contributed by atoms with van der Waals surface area (Å²) in [6.07, 6.45) is 0. The van der Waals surface area contributed by atoms with Crippen molar-refractivity contribution in [1.29, 1.82) is 0 Å². The van der Waals surface area contributed by atoms with Gasteiger partial charge in [-0.2, -0.15) is 0 Å². The van der Waals surface area contributed by atoms with Gasteiger partial charge < -0.3 is 4.74 Å². The monoisotopic (exact) mass is 673 g/mol. The van der Waals surface area contributed by atoms with Gasteiger partial charge in [-0.3, -0.25) is 14.3 Å². The SMILES string of the molecule is C.C.C.C.C.C.C.C.C.C.C.C.C.CN=P(C)(N=P(C)(C)N=P(C)(C)N=P(C)(C)N=P(C)(C)C)NCCOC. The van der Waals surface area contributed by atoms with Gasteiger partial charge >= 0.3 is 0 Å². The van der Waals surface area contributed by atoms with Crippen LogP contribution in [-0.2, 0) is 4.74 Å². The lowest BCUT2D eigenvalue weighted by Crippen LogP contribution is -2.14. The number of hydrogen-bond donors (Lipinski definition) is 1. The highest BCUT2D eigenvalue weighted by molar-refractivity contribution is 7.83. The van der Waals surface area contributed by atoms with Gasteiger partial charge in [0.2, 0.25) is 0 Å². The van der Waals surface area contributed by atoms with Crippen molar-refractivity contribution in [1.82, 2.24) is 5.09 Å². The Balaban J connectivity index is -0.0000000401. The number of rotatable bonds is 8. The Morgan fingerprint density at radius 1 is 0.487 bits per heavy atom. The maximum absolute atomic E-state index is 5.18. The van der Waals surface area contributed by atoms with Crippen molar-refractivity contribution in [2.24, 2.45) is 22.8 Å². The summed E-state index contributed by atoms with van der Waals surface area (Å²) in [5, 5.41) is 3.46. The van der Waals surface area contributed by atoms with Crippen LogP contribution in [0.5, 0.6) is 0 Å². The summed E-state index contributed by atoms with van der Waals surface area (Å²) in [4.78, 5) is 0. The molecular formula is C27H93N6OP5. The van der Waals surface area contributed by atoms with E-state index < -0.39 is 36.0 Å². The molecule has 0 amide bonds. The molecule has 0 aliphatic carbocycles. The number of nitrogens with zero attached hydrogens (tertiary/aromatic N) is 5. The zero-order valence-electron chi connectivity index (χ0n) is 18.8. The summed E-state index contributed by atoms with van der Waals surface area (Å²) in [5.41, 5.74) is 0. The Hall–Kier alpha value is 1.07. The fourth-order valence-corrected chi connectivity index (χ4v) is 22.6. The van der Waals surface area contributed by atoms with Gasteiger partial charge in [0.05, 0.1) is 28.2 Å². The van der Waals surface area contributed by atoms with Gasteiger partial charge in [0, 0.05) is 27.4 Å². The third-order valence-corrected chi connectivity index (χ3v) is 18.5. The van der Waals surface area contributed by atoms with E-state index in [0.717, 1.165) is 6.54 Å². The van der Waals surface area contributed by atoms with E-state index in [9.17, 15) is 0 Å². The first-order chi connectivity index (χ1) is 11.4. The van der Waals surface area contributed by atoms with Gasteiger partial charge in [-0.05, 0) is 67.0 Å². The first kappa shape index (κ1) is 90.0. The summed E-state index contributed by atoms with van der Waals surface area (Å²) in [6, 6.07) is 0. The Morgan fingerprint density at radius 3 is 1.03 bits per heavy atom. The second-order valence-electron chi connectivity index (χ2n) is 8.32. The molecule has 39 heavy (non-hydrogen) atoms. The highest BCUT2D eigenvalue weighted by Crippen LogP contribution is 2.67. The van der Waals surface area contributed by atoms with Crippen LogP contribution < -0.4 is 5.09 Å². The molecular weight excluding hydrogens is 579 g/mol. The quantitative estimate of drug-likeness (QED) is 0.206. The molecule has 7 nitrogen and oxygen atoms in total. The summed E-state index contributed by atoms with van der Waals surface area (Å²) < 4.78 is 30.2. The molecule has 0 heterocycles. The van der Waals surface area contributed by atoms with Crippen LogP contribution in [0.25, 0.3) is 0 Å². The smallest absolute Gasteiger partial charge is 0.134 e. The van der Waals surface area contributed by atoms with Gasteiger partial charge in [-0.25, -0.2) is 13.5 Å². The van der Waals surface area contributed by atoms with Crippen molar-refractivity contribution in [3.05, 3.63) is 0 Å². The fourth-order valence-electron chi connectivity index (χ4n) is 2.71. The molecule has 262 valence electrons. The lowest BCUT2D eigenvalue weighted by Gasteiger charge is -2.24. The van der Waals surface area contributed by atoms with E-state index in [1.807, 2.05) is 7.05 Å². The standard InChI is InChI=1S/C14H41N6OP5.13CH4/c1-15-26(12,16-13-14-21-2)20-25(10,11)19-24(8,9)18-23(6,7)17-22(3,4)5;;;;;;;;;;;;;/h16H,13-14H2,1-12H3;13*1H4. The van der Waals surface area contributed by atoms with E-state index in [1.165, 1.54) is 0 Å². The third kappa shape index (κ3) is 46.3. The van der Waals surface area contributed by atoms with E-state index in [-0.39, 0.29) is 96.5 Å². The summed E-state index contributed by atoms with van der Waals surface area (Å²) in [6.45, 7) is 23.3. The number of methoxy groups -OCH3 is 1. The largest absolute Gasteiger partial charge is 0.383 e. The highest BCUT2D eigenvalue weighted by atomic mass is 31.2. The minimum absolute atomic E-state index is 0. The van der Waals surface area contributed by atoms with Crippen LogP contribution in [0.1, 0.15) is 96.5 Å². The van der Waals surface area contributed by atoms with E-state index in [2.05, 4.69) is 76.5 Å². The van der Waals surface area contributed by atoms with Gasteiger partial charge in [0.15, 0.2) is 0 Å². The van der Waals surface area contributed by atoms with Gasteiger partial charge in [0.1, 0.15) is 7.36 Å². The highest BCUT2D eigenvalue weighted by Gasteiger charge is 2.18. The normalized spacial score (nSPS) is 10.6. The van der Waals surface area contributed by atoms with Gasteiger partial charge in [-0.15, -0.1) is 0 Å². The fraction of sp³-hybridized carbons (Fsp3) is 1.00. The molecule has 0 aromatic rings. The number of hydrogen-bond acceptors (Lipinski definition) is 2. The second-order valence-corrected chi connectivity index (χ2v) is 25.6. The minimum Gasteiger partial charge on any atom is -0.383 e. The first-order valence-corrected chi connectivity index (χ1v) is 21.5. The minimum atomic E-state index is -1.93. The van der Waals surface area contributed by atoms with E-state index in [4.69, 9.17) is 22.8 Å². The molecule has 1 unspecified atom stereocenters. The molecule has 0 radical (unpaired) electrons. The van der Waals surface area contributed by atoms with E-state index in [0.29, 0.717) is 6.61 Å². The molecule has 1 atom stereocenters. The molecule has 0 aliphatic rings. The van der Waals surface area contributed by atoms with Crippen molar-refractivity contribution in [2.45, 2.75) is 96.5 Å². The summed E-state index contributed by atoms with van der Waals surface area (Å²) in [7, 11) is -4.92. The van der Waals surface area contributed by atoms with Crippen LogP contribution in [-0.4, -0.2) is 94.0 Å². The van der Waals surface area contributed by atoms with Crippen LogP contribution in [0.4, 0.5) is 0 Å². The molecule has 0 bridgehead atoms. The molecule has 0 fully saturated rings. The van der Waals surface area contributed by atoms with Crippen LogP contribution in [0.15, 0.2) is 22.8 Å². The third-order valence-electron chi connectivity index (χ3n) is 2.86. The number of ether oxygens (including phenoxy) is 1. The molecule has 0 rings (SSSR count). The van der Waals surface area contributed by atoms with Crippen molar-refractivity contribution in [2.75, 3.05) is 94.0 Å². The topological polar surface area (TPSA) is 83.1 Å². The van der Waals surface area contributed by atoms with E-state index >= 15 is 0 Å². The van der Waals surface area contributed by atoms with Crippen LogP contribution >= 0.6 is 36.0 Å². The maximum atomic E-state index is 5.18. The Kier molecular flexibility index (Phi) is 81.4. The first-order valence-electron chi connectivity index (χ1n) is 8.49. The average molecular weight is 673 g/mol. The molecule has 0 aromatic heterocycles. The zero-order chi connectivity index (χ0) is 20.9. The molecule has 1 N–H and O–H groups in total. The Labute approximate surface area is 258 Å². The van der Waals surface area contributed by atoms with Crippen molar-refractivity contribution >= 4 is 36.0 Å². The predicted molar refractivity (Wildman–Crippen MR) is 219 cm³/mol. The molecule has 0 saturated heterocycles. The predicted octanol–water partition coefficient (Wildman–Crippen LogP) is 15.0. The average Bonchev–Trinajstić information content (AvgIpc) is 2.31. The van der Waals surface area contributed by atoms with Crippen molar-refractivity contribution in [3.8, 4) is 0 Å². The van der Waals surface area contributed by atoms with E-state index in [1.54, 1.807) is 7.11 Å². The molecule has 0 saturated carbocycles. The van der Waals surface area contributed by atoms with Crippen LogP contribution in [0.3, 0.4) is 0 Å².